The summed E-state index contributed by atoms with van der Waals surface area (Å²) in [6.07, 6.45) is 11.3. The molecule has 0 saturated heterocycles. The quantitative estimate of drug-likeness (QED) is 0.564. The average Bonchev–Trinajstić information content (AvgIpc) is 2.19. The first-order valence-corrected chi connectivity index (χ1v) is 5.63. The van der Waals surface area contributed by atoms with E-state index in [9.17, 15) is 4.79 Å². The van der Waals surface area contributed by atoms with Crippen molar-refractivity contribution in [1.82, 2.24) is 0 Å². The van der Waals surface area contributed by atoms with Crippen LogP contribution in [0.4, 0.5) is 0 Å². The lowest BCUT2D eigenvalue weighted by atomic mass is 9.65. The fraction of sp³-hybridized carbons (Fsp3) is 0.833. The van der Waals surface area contributed by atoms with E-state index in [1.807, 2.05) is 5.94 Å². The van der Waals surface area contributed by atoms with Gasteiger partial charge in [0.1, 0.15) is 5.94 Å². The van der Waals surface area contributed by atoms with Gasteiger partial charge in [-0.15, -0.1) is 0 Å². The molecule has 72 valence electrons. The fourth-order valence-electron chi connectivity index (χ4n) is 3.28. The van der Waals surface area contributed by atoms with Gasteiger partial charge in [-0.05, 0) is 30.6 Å². The van der Waals surface area contributed by atoms with E-state index >= 15 is 0 Å². The van der Waals surface area contributed by atoms with Gasteiger partial charge in [-0.3, -0.25) is 0 Å². The van der Waals surface area contributed by atoms with E-state index in [0.717, 1.165) is 11.8 Å². The Morgan fingerprint density at radius 3 is 2.62 bits per heavy atom. The molecule has 2 rings (SSSR count). The molecule has 2 aliphatic rings. The number of hydrogen-bond donors (Lipinski definition) is 0. The third-order valence-electron chi connectivity index (χ3n) is 3.91. The van der Waals surface area contributed by atoms with E-state index < -0.39 is 0 Å². The summed E-state index contributed by atoms with van der Waals surface area (Å²) in [6.45, 7) is 0. The van der Waals surface area contributed by atoms with E-state index in [-0.39, 0.29) is 0 Å². The molecular formula is C12H18O. The Bertz CT molecular complexity index is 213. The molecule has 0 aromatic carbocycles. The van der Waals surface area contributed by atoms with Gasteiger partial charge in [0.2, 0.25) is 0 Å². The summed E-state index contributed by atoms with van der Waals surface area (Å²) < 4.78 is 0. The summed E-state index contributed by atoms with van der Waals surface area (Å²) in [7, 11) is 0. The molecule has 0 aromatic heterocycles. The minimum absolute atomic E-state index is 0.566. The molecule has 3 atom stereocenters. The predicted molar refractivity (Wildman–Crippen MR) is 53.1 cm³/mol. The maximum atomic E-state index is 10.4. The minimum atomic E-state index is 0.566. The summed E-state index contributed by atoms with van der Waals surface area (Å²) in [5.41, 5.74) is 0. The molecule has 1 heteroatoms. The summed E-state index contributed by atoms with van der Waals surface area (Å²) in [5, 5.41) is 0. The second-order valence-electron chi connectivity index (χ2n) is 4.59. The first kappa shape index (κ1) is 9.02. The molecule has 0 radical (unpaired) electrons. The number of hydrogen-bond acceptors (Lipinski definition) is 1. The van der Waals surface area contributed by atoms with Crippen molar-refractivity contribution < 1.29 is 4.79 Å². The van der Waals surface area contributed by atoms with Crippen molar-refractivity contribution in [3.8, 4) is 0 Å². The predicted octanol–water partition coefficient (Wildman–Crippen LogP) is 2.98. The van der Waals surface area contributed by atoms with Crippen molar-refractivity contribution in [2.75, 3.05) is 0 Å². The maximum Gasteiger partial charge on any atom is 0.120 e. The number of carbonyl (C=O) groups excluding carboxylic acids is 1. The van der Waals surface area contributed by atoms with E-state index in [1.54, 1.807) is 6.08 Å². The van der Waals surface area contributed by atoms with Gasteiger partial charge in [0.15, 0.2) is 0 Å². The topological polar surface area (TPSA) is 17.1 Å². The van der Waals surface area contributed by atoms with Crippen molar-refractivity contribution in [1.29, 1.82) is 0 Å². The molecule has 0 bridgehead atoms. The minimum Gasteiger partial charge on any atom is -0.234 e. The van der Waals surface area contributed by atoms with Crippen LogP contribution in [0, 0.1) is 17.8 Å². The molecule has 2 fully saturated rings. The van der Waals surface area contributed by atoms with Crippen LogP contribution in [0.25, 0.3) is 0 Å². The Morgan fingerprint density at radius 2 is 1.77 bits per heavy atom. The normalized spacial score (nSPS) is 38.9. The van der Waals surface area contributed by atoms with Crippen LogP contribution in [0.2, 0.25) is 0 Å². The molecule has 0 N–H and O–H groups in total. The van der Waals surface area contributed by atoms with Gasteiger partial charge in [0.25, 0.3) is 0 Å². The number of rotatable bonds is 1. The van der Waals surface area contributed by atoms with Crippen molar-refractivity contribution in [3.63, 3.8) is 0 Å². The lowest BCUT2D eigenvalue weighted by molar-refractivity contribution is 0.130. The molecular weight excluding hydrogens is 160 g/mol. The standard InChI is InChI=1S/C12H18O/c13-9-8-11-6-3-5-10-4-1-2-7-12(10)11/h8,10-12H,1-7H2. The van der Waals surface area contributed by atoms with Crippen molar-refractivity contribution in [3.05, 3.63) is 6.08 Å². The SMILES string of the molecule is O=C=CC1CCCC2CCCCC12. The monoisotopic (exact) mass is 178 g/mol. The fourth-order valence-corrected chi connectivity index (χ4v) is 3.28. The smallest absolute Gasteiger partial charge is 0.120 e. The largest absolute Gasteiger partial charge is 0.234 e. The third-order valence-corrected chi connectivity index (χ3v) is 3.91. The lowest BCUT2D eigenvalue weighted by Gasteiger charge is -2.39. The van der Waals surface area contributed by atoms with Crippen molar-refractivity contribution >= 4 is 5.94 Å². The molecule has 0 amide bonds. The van der Waals surface area contributed by atoms with Gasteiger partial charge in [0, 0.05) is 6.08 Å². The second-order valence-corrected chi connectivity index (χ2v) is 4.59. The molecule has 0 aromatic rings. The molecule has 0 heterocycles. The van der Waals surface area contributed by atoms with Crippen LogP contribution in [-0.4, -0.2) is 5.94 Å². The first-order valence-electron chi connectivity index (χ1n) is 5.63. The van der Waals surface area contributed by atoms with Crippen LogP contribution in [0.1, 0.15) is 44.9 Å². The van der Waals surface area contributed by atoms with Gasteiger partial charge >= 0.3 is 0 Å². The van der Waals surface area contributed by atoms with Crippen LogP contribution in [-0.2, 0) is 4.79 Å². The van der Waals surface area contributed by atoms with Gasteiger partial charge < -0.3 is 0 Å². The van der Waals surface area contributed by atoms with Gasteiger partial charge in [-0.25, -0.2) is 4.79 Å². The van der Waals surface area contributed by atoms with E-state index in [0.29, 0.717) is 5.92 Å². The zero-order chi connectivity index (χ0) is 9.10. The Morgan fingerprint density at radius 1 is 1.00 bits per heavy atom. The molecule has 13 heavy (non-hydrogen) atoms. The zero-order valence-corrected chi connectivity index (χ0v) is 8.17. The molecule has 2 aliphatic carbocycles. The highest BCUT2D eigenvalue weighted by Crippen LogP contribution is 2.43. The first-order chi connectivity index (χ1) is 6.42. The second kappa shape index (κ2) is 4.11. The average molecular weight is 178 g/mol. The molecule has 0 aliphatic heterocycles. The summed E-state index contributed by atoms with van der Waals surface area (Å²) in [4.78, 5) is 10.4. The summed E-state index contributed by atoms with van der Waals surface area (Å²) in [6, 6.07) is 0. The highest BCUT2D eigenvalue weighted by atomic mass is 16.1. The zero-order valence-electron chi connectivity index (χ0n) is 8.17. The third kappa shape index (κ3) is 1.86. The van der Waals surface area contributed by atoms with Crippen LogP contribution >= 0.6 is 0 Å². The Balaban J connectivity index is 2.06. The van der Waals surface area contributed by atoms with Crippen molar-refractivity contribution in [2.45, 2.75) is 44.9 Å². The van der Waals surface area contributed by atoms with E-state index in [1.165, 1.54) is 44.9 Å². The highest BCUT2D eigenvalue weighted by molar-refractivity contribution is 5.45. The molecule has 3 unspecified atom stereocenters. The lowest BCUT2D eigenvalue weighted by Crippen LogP contribution is -2.29. The molecule has 2 saturated carbocycles. The number of allylic oxidation sites excluding steroid dienone is 1. The van der Waals surface area contributed by atoms with Gasteiger partial charge in [-0.1, -0.05) is 32.1 Å². The summed E-state index contributed by atoms with van der Waals surface area (Å²) in [5.74, 6) is 4.31. The van der Waals surface area contributed by atoms with Crippen molar-refractivity contribution in [2.24, 2.45) is 17.8 Å². The highest BCUT2D eigenvalue weighted by Gasteiger charge is 2.33. The van der Waals surface area contributed by atoms with E-state index in [2.05, 4.69) is 0 Å². The Kier molecular flexibility index (Phi) is 2.85. The van der Waals surface area contributed by atoms with Gasteiger partial charge in [-0.2, -0.15) is 0 Å². The Labute approximate surface area is 80.2 Å². The van der Waals surface area contributed by atoms with Crippen LogP contribution < -0.4 is 0 Å². The number of fused-ring (bicyclic) bond motifs is 1. The Hall–Kier alpha value is -0.550. The maximum absolute atomic E-state index is 10.4. The van der Waals surface area contributed by atoms with Crippen LogP contribution in [0.15, 0.2) is 6.08 Å². The van der Waals surface area contributed by atoms with Gasteiger partial charge in [0.05, 0.1) is 0 Å². The molecule has 1 nitrogen and oxygen atoms in total. The van der Waals surface area contributed by atoms with Crippen LogP contribution in [0.5, 0.6) is 0 Å². The summed E-state index contributed by atoms with van der Waals surface area (Å²) >= 11 is 0. The van der Waals surface area contributed by atoms with Crippen LogP contribution in [0.3, 0.4) is 0 Å². The van der Waals surface area contributed by atoms with E-state index in [4.69, 9.17) is 0 Å². The molecule has 0 spiro atoms.